The van der Waals surface area contributed by atoms with Crippen LogP contribution in [0, 0.1) is 13.8 Å². The number of aryl methyl sites for hydroxylation is 2. The SMILES string of the molecule is Cc1cccc(-c2nc(C(C)C)no2)c1NC(=O)c1ccc(C(F)(F)F)nc1C. The highest BCUT2D eigenvalue weighted by molar-refractivity contribution is 6.07. The second-order valence-electron chi connectivity index (χ2n) is 6.89. The third-order valence-electron chi connectivity index (χ3n) is 4.32. The summed E-state index contributed by atoms with van der Waals surface area (Å²) in [5.74, 6) is 0.260. The molecule has 0 atom stereocenters. The Labute approximate surface area is 165 Å². The number of nitrogens with zero attached hydrogens (tertiary/aromatic N) is 3. The molecule has 1 N–H and O–H groups in total. The number of hydrogen-bond donors (Lipinski definition) is 1. The molecule has 3 aromatic rings. The fraction of sp³-hybridized carbons (Fsp3) is 0.300. The molecule has 0 bridgehead atoms. The molecule has 1 aromatic carbocycles. The van der Waals surface area contributed by atoms with Gasteiger partial charge in [-0.05, 0) is 37.6 Å². The molecule has 2 heterocycles. The summed E-state index contributed by atoms with van der Waals surface area (Å²) in [6.45, 7) is 6.99. The van der Waals surface area contributed by atoms with Crippen LogP contribution >= 0.6 is 0 Å². The summed E-state index contributed by atoms with van der Waals surface area (Å²) in [5.41, 5.74) is 0.673. The van der Waals surface area contributed by atoms with E-state index in [1.54, 1.807) is 25.1 Å². The van der Waals surface area contributed by atoms with E-state index in [1.807, 2.05) is 13.8 Å². The Morgan fingerprint density at radius 3 is 2.41 bits per heavy atom. The van der Waals surface area contributed by atoms with Gasteiger partial charge >= 0.3 is 6.18 Å². The van der Waals surface area contributed by atoms with E-state index in [1.165, 1.54) is 6.92 Å². The minimum absolute atomic E-state index is 0.0210. The van der Waals surface area contributed by atoms with Crippen molar-refractivity contribution < 1.29 is 22.5 Å². The van der Waals surface area contributed by atoms with Crippen molar-refractivity contribution in [1.29, 1.82) is 0 Å². The lowest BCUT2D eigenvalue weighted by Crippen LogP contribution is -2.17. The van der Waals surface area contributed by atoms with Crippen LogP contribution in [0.5, 0.6) is 0 Å². The zero-order valence-electron chi connectivity index (χ0n) is 16.3. The number of carbonyl (C=O) groups excluding carboxylic acids is 1. The lowest BCUT2D eigenvalue weighted by atomic mass is 10.1. The highest BCUT2D eigenvalue weighted by Crippen LogP contribution is 2.32. The Hall–Kier alpha value is -3.23. The molecular weight excluding hydrogens is 385 g/mol. The van der Waals surface area contributed by atoms with Crippen LogP contribution < -0.4 is 5.32 Å². The van der Waals surface area contributed by atoms with E-state index in [9.17, 15) is 18.0 Å². The van der Waals surface area contributed by atoms with Gasteiger partial charge < -0.3 is 9.84 Å². The summed E-state index contributed by atoms with van der Waals surface area (Å²) >= 11 is 0. The normalized spacial score (nSPS) is 11.7. The van der Waals surface area contributed by atoms with Crippen LogP contribution in [0.25, 0.3) is 11.5 Å². The number of pyridine rings is 1. The smallest absolute Gasteiger partial charge is 0.334 e. The van der Waals surface area contributed by atoms with Crippen LogP contribution in [-0.4, -0.2) is 21.0 Å². The van der Waals surface area contributed by atoms with Crippen molar-refractivity contribution in [2.24, 2.45) is 0 Å². The third kappa shape index (κ3) is 4.28. The van der Waals surface area contributed by atoms with E-state index in [0.29, 0.717) is 17.1 Å². The fourth-order valence-electron chi connectivity index (χ4n) is 2.73. The first-order chi connectivity index (χ1) is 13.6. The molecule has 0 saturated heterocycles. The number of alkyl halides is 3. The van der Waals surface area contributed by atoms with Gasteiger partial charge in [0.15, 0.2) is 5.82 Å². The predicted molar refractivity (Wildman–Crippen MR) is 100 cm³/mol. The van der Waals surface area contributed by atoms with Gasteiger partial charge in [0.1, 0.15) is 5.69 Å². The number of para-hydroxylation sites is 1. The zero-order chi connectivity index (χ0) is 21.3. The van der Waals surface area contributed by atoms with Gasteiger partial charge in [-0.2, -0.15) is 18.2 Å². The van der Waals surface area contributed by atoms with Crippen LogP contribution in [0.15, 0.2) is 34.9 Å². The summed E-state index contributed by atoms with van der Waals surface area (Å²) < 4.78 is 43.8. The van der Waals surface area contributed by atoms with Crippen LogP contribution in [-0.2, 0) is 6.18 Å². The molecule has 0 aliphatic heterocycles. The molecule has 0 aliphatic carbocycles. The van der Waals surface area contributed by atoms with Crippen molar-refractivity contribution in [2.45, 2.75) is 39.8 Å². The number of benzene rings is 1. The molecular formula is C20H19F3N4O2. The summed E-state index contributed by atoms with van der Waals surface area (Å²) in [6.07, 6.45) is -4.57. The van der Waals surface area contributed by atoms with Crippen LogP contribution in [0.2, 0.25) is 0 Å². The second-order valence-corrected chi connectivity index (χ2v) is 6.89. The molecule has 0 unspecified atom stereocenters. The van der Waals surface area contributed by atoms with Gasteiger partial charge in [-0.3, -0.25) is 4.79 Å². The Morgan fingerprint density at radius 1 is 1.10 bits per heavy atom. The van der Waals surface area contributed by atoms with Crippen molar-refractivity contribution in [3.05, 3.63) is 58.7 Å². The topological polar surface area (TPSA) is 80.9 Å². The Balaban J connectivity index is 1.95. The average Bonchev–Trinajstić information content (AvgIpc) is 3.12. The molecule has 0 saturated carbocycles. The van der Waals surface area contributed by atoms with E-state index in [-0.39, 0.29) is 23.1 Å². The van der Waals surface area contributed by atoms with Crippen molar-refractivity contribution in [1.82, 2.24) is 15.1 Å². The molecule has 2 aromatic heterocycles. The molecule has 29 heavy (non-hydrogen) atoms. The number of amides is 1. The second kappa shape index (κ2) is 7.65. The van der Waals surface area contributed by atoms with E-state index in [4.69, 9.17) is 4.52 Å². The average molecular weight is 404 g/mol. The number of rotatable bonds is 4. The van der Waals surface area contributed by atoms with Crippen LogP contribution in [0.3, 0.4) is 0 Å². The minimum atomic E-state index is -4.57. The molecule has 3 rings (SSSR count). The molecule has 0 aliphatic rings. The fourth-order valence-corrected chi connectivity index (χ4v) is 2.73. The monoisotopic (exact) mass is 404 g/mol. The number of aromatic nitrogens is 3. The first kappa shape index (κ1) is 20.5. The molecule has 0 radical (unpaired) electrons. The van der Waals surface area contributed by atoms with Gasteiger partial charge in [-0.15, -0.1) is 0 Å². The predicted octanol–water partition coefficient (Wildman–Crippen LogP) is 5.14. The molecule has 1 amide bonds. The number of anilines is 1. The lowest BCUT2D eigenvalue weighted by Gasteiger charge is -2.14. The van der Waals surface area contributed by atoms with E-state index < -0.39 is 17.8 Å². The molecule has 6 nitrogen and oxygen atoms in total. The van der Waals surface area contributed by atoms with Gasteiger partial charge in [0.25, 0.3) is 11.8 Å². The maximum Gasteiger partial charge on any atom is 0.433 e. The number of hydrogen-bond acceptors (Lipinski definition) is 5. The largest absolute Gasteiger partial charge is 0.433 e. The van der Waals surface area contributed by atoms with Gasteiger partial charge in [-0.1, -0.05) is 31.1 Å². The van der Waals surface area contributed by atoms with Crippen molar-refractivity contribution in [3.63, 3.8) is 0 Å². The van der Waals surface area contributed by atoms with Gasteiger partial charge in [0.05, 0.1) is 22.5 Å². The number of carbonyl (C=O) groups is 1. The minimum Gasteiger partial charge on any atom is -0.334 e. The van der Waals surface area contributed by atoms with Crippen molar-refractivity contribution >= 4 is 11.6 Å². The third-order valence-corrected chi connectivity index (χ3v) is 4.32. The maximum absolute atomic E-state index is 12.8. The molecule has 0 fully saturated rings. The lowest BCUT2D eigenvalue weighted by molar-refractivity contribution is -0.141. The zero-order valence-corrected chi connectivity index (χ0v) is 16.3. The van der Waals surface area contributed by atoms with Crippen molar-refractivity contribution in [2.75, 3.05) is 5.32 Å². The maximum atomic E-state index is 12.8. The van der Waals surface area contributed by atoms with Crippen molar-refractivity contribution in [3.8, 4) is 11.5 Å². The van der Waals surface area contributed by atoms with Gasteiger partial charge in [0, 0.05) is 5.92 Å². The highest BCUT2D eigenvalue weighted by Gasteiger charge is 2.33. The van der Waals surface area contributed by atoms with Crippen LogP contribution in [0.1, 0.15) is 52.9 Å². The molecule has 152 valence electrons. The Morgan fingerprint density at radius 2 is 1.83 bits per heavy atom. The molecule has 9 heteroatoms. The first-order valence-corrected chi connectivity index (χ1v) is 8.87. The van der Waals surface area contributed by atoms with E-state index in [0.717, 1.165) is 17.7 Å². The van der Waals surface area contributed by atoms with E-state index in [2.05, 4.69) is 20.4 Å². The summed E-state index contributed by atoms with van der Waals surface area (Å²) in [4.78, 5) is 20.6. The summed E-state index contributed by atoms with van der Waals surface area (Å²) in [7, 11) is 0. The number of halogens is 3. The first-order valence-electron chi connectivity index (χ1n) is 8.87. The van der Waals surface area contributed by atoms with Gasteiger partial charge in [0.2, 0.25) is 0 Å². The summed E-state index contributed by atoms with van der Waals surface area (Å²) in [6, 6.07) is 7.19. The Kier molecular flexibility index (Phi) is 5.41. The van der Waals surface area contributed by atoms with Gasteiger partial charge in [-0.25, -0.2) is 4.98 Å². The highest BCUT2D eigenvalue weighted by atomic mass is 19.4. The Bertz CT molecular complexity index is 1060. The van der Waals surface area contributed by atoms with E-state index >= 15 is 0 Å². The van der Waals surface area contributed by atoms with Crippen LogP contribution in [0.4, 0.5) is 18.9 Å². The number of nitrogens with one attached hydrogen (secondary N) is 1. The summed E-state index contributed by atoms with van der Waals surface area (Å²) in [5, 5.41) is 6.67. The molecule has 0 spiro atoms. The quantitative estimate of drug-likeness (QED) is 0.651. The standard InChI is InChI=1S/C20H19F3N4O2/c1-10(2)17-26-19(29-27-17)14-7-5-6-11(3)16(14)25-18(28)13-8-9-15(20(21,22)23)24-12(13)4/h5-10H,1-4H3,(H,25,28).